The van der Waals surface area contributed by atoms with E-state index in [1.165, 1.54) is 0 Å². The molecular formula is C12H15NO3. The Bertz CT molecular complexity index is 397. The molecule has 0 amide bonds. The molecule has 4 nitrogen and oxygen atoms in total. The standard InChI is InChI=1S/C12H15NO3/c1-12(16)6-7-13(8-12)10-4-2-9(3-5-10)11(14)15/h2-5,16H,6-8H2,1H3,(H,14,15). The van der Waals surface area contributed by atoms with Gasteiger partial charge in [0.1, 0.15) is 0 Å². The smallest absolute Gasteiger partial charge is 0.335 e. The Labute approximate surface area is 94.1 Å². The number of carboxylic acid groups (broad SMARTS) is 1. The number of carboxylic acids is 1. The first-order valence-electron chi connectivity index (χ1n) is 5.29. The lowest BCUT2D eigenvalue weighted by atomic mass is 10.1. The summed E-state index contributed by atoms with van der Waals surface area (Å²) in [5.74, 6) is -0.917. The number of aromatic carboxylic acids is 1. The van der Waals surface area contributed by atoms with E-state index in [-0.39, 0.29) is 5.56 Å². The summed E-state index contributed by atoms with van der Waals surface area (Å²) in [6.45, 7) is 3.22. The van der Waals surface area contributed by atoms with Gasteiger partial charge in [0, 0.05) is 18.8 Å². The number of hydrogen-bond donors (Lipinski definition) is 2. The minimum absolute atomic E-state index is 0.287. The van der Waals surface area contributed by atoms with Crippen LogP contribution in [0.25, 0.3) is 0 Å². The van der Waals surface area contributed by atoms with E-state index in [9.17, 15) is 9.90 Å². The Morgan fingerprint density at radius 3 is 2.44 bits per heavy atom. The fraction of sp³-hybridized carbons (Fsp3) is 0.417. The maximum Gasteiger partial charge on any atom is 0.335 e. The molecule has 0 saturated carbocycles. The predicted octanol–water partition coefficient (Wildman–Crippen LogP) is 1.35. The minimum Gasteiger partial charge on any atom is -0.478 e. The van der Waals surface area contributed by atoms with E-state index >= 15 is 0 Å². The van der Waals surface area contributed by atoms with Gasteiger partial charge in [0.05, 0.1) is 11.2 Å². The first-order valence-corrected chi connectivity index (χ1v) is 5.29. The summed E-state index contributed by atoms with van der Waals surface area (Å²) in [5, 5.41) is 18.6. The molecule has 0 aliphatic carbocycles. The summed E-state index contributed by atoms with van der Waals surface area (Å²) in [6.07, 6.45) is 0.744. The molecule has 4 heteroatoms. The third-order valence-corrected chi connectivity index (χ3v) is 2.93. The third kappa shape index (κ3) is 2.17. The highest BCUT2D eigenvalue weighted by Crippen LogP contribution is 2.26. The van der Waals surface area contributed by atoms with Gasteiger partial charge in [-0.15, -0.1) is 0 Å². The molecule has 2 rings (SSSR count). The number of nitrogens with zero attached hydrogens (tertiary/aromatic N) is 1. The number of anilines is 1. The van der Waals surface area contributed by atoms with Crippen molar-refractivity contribution in [3.63, 3.8) is 0 Å². The molecule has 1 fully saturated rings. The molecule has 0 radical (unpaired) electrons. The highest BCUT2D eigenvalue weighted by atomic mass is 16.4. The van der Waals surface area contributed by atoms with Crippen molar-refractivity contribution < 1.29 is 15.0 Å². The van der Waals surface area contributed by atoms with Crippen LogP contribution in [0.2, 0.25) is 0 Å². The number of β-amino-alcohol motifs (C(OH)–C–C–N with tert-alkyl or cyclic N) is 1. The molecule has 86 valence electrons. The van der Waals surface area contributed by atoms with Crippen LogP contribution < -0.4 is 4.90 Å². The summed E-state index contributed by atoms with van der Waals surface area (Å²) >= 11 is 0. The third-order valence-electron chi connectivity index (χ3n) is 2.93. The van der Waals surface area contributed by atoms with Crippen LogP contribution in [0.5, 0.6) is 0 Å². The number of hydrogen-bond acceptors (Lipinski definition) is 3. The van der Waals surface area contributed by atoms with Gasteiger partial charge in [-0.1, -0.05) is 0 Å². The second-order valence-corrected chi connectivity index (χ2v) is 4.52. The first-order chi connectivity index (χ1) is 7.48. The molecule has 1 atom stereocenters. The Morgan fingerprint density at radius 2 is 2.00 bits per heavy atom. The maximum absolute atomic E-state index is 10.7. The van der Waals surface area contributed by atoms with Gasteiger partial charge in [0.15, 0.2) is 0 Å². The number of rotatable bonds is 2. The van der Waals surface area contributed by atoms with Crippen molar-refractivity contribution >= 4 is 11.7 Å². The zero-order valence-corrected chi connectivity index (χ0v) is 9.18. The summed E-state index contributed by atoms with van der Waals surface area (Å²) in [7, 11) is 0. The molecule has 1 aromatic carbocycles. The number of carbonyl (C=O) groups is 1. The minimum atomic E-state index is -0.917. The van der Waals surface area contributed by atoms with Gasteiger partial charge < -0.3 is 15.1 Å². The van der Waals surface area contributed by atoms with Crippen LogP contribution in [0.3, 0.4) is 0 Å². The Kier molecular flexibility index (Phi) is 2.59. The number of aliphatic hydroxyl groups is 1. The zero-order chi connectivity index (χ0) is 11.8. The van der Waals surface area contributed by atoms with E-state index in [0.29, 0.717) is 6.54 Å². The Balaban J connectivity index is 2.14. The molecular weight excluding hydrogens is 206 g/mol. The van der Waals surface area contributed by atoms with Gasteiger partial charge in [-0.05, 0) is 37.6 Å². The van der Waals surface area contributed by atoms with Crippen molar-refractivity contribution in [2.24, 2.45) is 0 Å². The lowest BCUT2D eigenvalue weighted by molar-refractivity contribution is 0.0696. The van der Waals surface area contributed by atoms with Gasteiger partial charge in [0.2, 0.25) is 0 Å². The molecule has 1 aromatic rings. The fourth-order valence-electron chi connectivity index (χ4n) is 1.98. The van der Waals surface area contributed by atoms with Crippen molar-refractivity contribution in [1.29, 1.82) is 0 Å². The summed E-state index contributed by atoms with van der Waals surface area (Å²) in [4.78, 5) is 12.7. The molecule has 1 saturated heterocycles. The molecule has 1 heterocycles. The molecule has 1 aliphatic heterocycles. The van der Waals surface area contributed by atoms with Gasteiger partial charge in [0.25, 0.3) is 0 Å². The Morgan fingerprint density at radius 1 is 1.38 bits per heavy atom. The maximum atomic E-state index is 10.7. The normalized spacial score (nSPS) is 24.8. The highest BCUT2D eigenvalue weighted by molar-refractivity contribution is 5.88. The zero-order valence-electron chi connectivity index (χ0n) is 9.18. The molecule has 0 bridgehead atoms. The van der Waals surface area contributed by atoms with Crippen LogP contribution in [0.4, 0.5) is 5.69 Å². The molecule has 0 spiro atoms. The summed E-state index contributed by atoms with van der Waals surface area (Å²) in [5.41, 5.74) is 0.614. The predicted molar refractivity (Wildman–Crippen MR) is 60.9 cm³/mol. The average molecular weight is 221 g/mol. The van der Waals surface area contributed by atoms with Crippen molar-refractivity contribution in [1.82, 2.24) is 0 Å². The van der Waals surface area contributed by atoms with E-state index in [2.05, 4.69) is 4.90 Å². The van der Waals surface area contributed by atoms with Gasteiger partial charge in [-0.3, -0.25) is 0 Å². The molecule has 2 N–H and O–H groups in total. The van der Waals surface area contributed by atoms with Crippen molar-refractivity contribution in [3.8, 4) is 0 Å². The first kappa shape index (κ1) is 11.0. The molecule has 1 unspecified atom stereocenters. The van der Waals surface area contributed by atoms with E-state index in [1.807, 2.05) is 6.92 Å². The van der Waals surface area contributed by atoms with Crippen LogP contribution in [0.1, 0.15) is 23.7 Å². The summed E-state index contributed by atoms with van der Waals surface area (Å²) < 4.78 is 0. The van der Waals surface area contributed by atoms with Crippen LogP contribution in [0, 0.1) is 0 Å². The van der Waals surface area contributed by atoms with Gasteiger partial charge in [-0.2, -0.15) is 0 Å². The summed E-state index contributed by atoms with van der Waals surface area (Å²) in [6, 6.07) is 6.74. The number of benzene rings is 1. The van der Waals surface area contributed by atoms with Crippen molar-refractivity contribution in [2.45, 2.75) is 18.9 Å². The van der Waals surface area contributed by atoms with Crippen molar-refractivity contribution in [3.05, 3.63) is 29.8 Å². The van der Waals surface area contributed by atoms with E-state index < -0.39 is 11.6 Å². The lowest BCUT2D eigenvalue weighted by Crippen LogP contribution is -2.29. The van der Waals surface area contributed by atoms with Crippen LogP contribution in [0.15, 0.2) is 24.3 Å². The Hall–Kier alpha value is -1.55. The second-order valence-electron chi connectivity index (χ2n) is 4.52. The molecule has 0 aromatic heterocycles. The van der Waals surface area contributed by atoms with Crippen LogP contribution in [-0.4, -0.2) is 34.9 Å². The van der Waals surface area contributed by atoms with E-state index in [1.54, 1.807) is 24.3 Å². The average Bonchev–Trinajstić information content (AvgIpc) is 2.59. The van der Waals surface area contributed by atoms with E-state index in [0.717, 1.165) is 18.7 Å². The van der Waals surface area contributed by atoms with Gasteiger partial charge in [-0.25, -0.2) is 4.79 Å². The van der Waals surface area contributed by atoms with Crippen LogP contribution >= 0.6 is 0 Å². The van der Waals surface area contributed by atoms with Crippen molar-refractivity contribution in [2.75, 3.05) is 18.0 Å². The van der Waals surface area contributed by atoms with Gasteiger partial charge >= 0.3 is 5.97 Å². The highest BCUT2D eigenvalue weighted by Gasteiger charge is 2.31. The topological polar surface area (TPSA) is 60.8 Å². The fourth-order valence-corrected chi connectivity index (χ4v) is 1.98. The largest absolute Gasteiger partial charge is 0.478 e. The van der Waals surface area contributed by atoms with E-state index in [4.69, 9.17) is 5.11 Å². The second kappa shape index (κ2) is 3.79. The lowest BCUT2D eigenvalue weighted by Gasteiger charge is -2.20. The SMILES string of the molecule is CC1(O)CCN(c2ccc(C(=O)O)cc2)C1. The monoisotopic (exact) mass is 221 g/mol. The molecule has 1 aliphatic rings. The quantitative estimate of drug-likeness (QED) is 0.791. The van der Waals surface area contributed by atoms with Crippen LogP contribution in [-0.2, 0) is 0 Å². The molecule has 16 heavy (non-hydrogen) atoms.